The molecule has 3 unspecified atom stereocenters. The van der Waals surface area contributed by atoms with Gasteiger partial charge in [0.25, 0.3) is 0 Å². The summed E-state index contributed by atoms with van der Waals surface area (Å²) in [6.45, 7) is 4.88. The lowest BCUT2D eigenvalue weighted by Gasteiger charge is -2.42. The van der Waals surface area contributed by atoms with E-state index in [2.05, 4.69) is 42.4 Å². The normalized spacial score (nSPS) is 28.2. The van der Waals surface area contributed by atoms with Crippen LogP contribution in [0.3, 0.4) is 0 Å². The van der Waals surface area contributed by atoms with Crippen molar-refractivity contribution >= 4 is 0 Å². The Hall–Kier alpha value is -1.30. The first kappa shape index (κ1) is 13.1. The summed E-state index contributed by atoms with van der Waals surface area (Å²) >= 11 is 0. The lowest BCUT2D eigenvalue weighted by molar-refractivity contribution is 0.271. The predicted octanol–water partition coefficient (Wildman–Crippen LogP) is 2.35. The van der Waals surface area contributed by atoms with Gasteiger partial charge in [0.2, 0.25) is 0 Å². The Morgan fingerprint density at radius 1 is 1.56 bits per heavy atom. The fourth-order valence-electron chi connectivity index (χ4n) is 2.99. The molecule has 0 saturated heterocycles. The number of hydrogen-bond donors (Lipinski definition) is 2. The Labute approximate surface area is 110 Å². The number of terminal acetylenes is 1. The first-order chi connectivity index (χ1) is 8.63. The van der Waals surface area contributed by atoms with E-state index >= 15 is 0 Å². The van der Waals surface area contributed by atoms with Crippen LogP contribution in [0.4, 0.5) is 0 Å². The number of benzene rings is 1. The second-order valence-corrected chi connectivity index (χ2v) is 5.35. The van der Waals surface area contributed by atoms with Gasteiger partial charge in [0, 0.05) is 6.54 Å². The molecule has 1 aromatic rings. The van der Waals surface area contributed by atoms with Crippen molar-refractivity contribution in [3.8, 4) is 12.3 Å². The number of rotatable bonds is 3. The van der Waals surface area contributed by atoms with Gasteiger partial charge < -0.3 is 5.73 Å². The van der Waals surface area contributed by atoms with E-state index in [4.69, 9.17) is 12.2 Å². The van der Waals surface area contributed by atoms with Gasteiger partial charge in [-0.05, 0) is 36.8 Å². The number of nitrogens with two attached hydrogens (primary N) is 1. The molecular weight excluding hydrogens is 220 g/mol. The van der Waals surface area contributed by atoms with Crippen molar-refractivity contribution in [3.63, 3.8) is 0 Å². The molecule has 0 bridgehead atoms. The second kappa shape index (κ2) is 5.14. The Kier molecular flexibility index (Phi) is 3.75. The molecule has 0 aliphatic heterocycles. The molecule has 18 heavy (non-hydrogen) atoms. The maximum Gasteiger partial charge on any atom is 0.0665 e. The third-order valence-electron chi connectivity index (χ3n) is 4.10. The summed E-state index contributed by atoms with van der Waals surface area (Å²) in [6, 6.07) is 8.63. The molecule has 0 saturated carbocycles. The summed E-state index contributed by atoms with van der Waals surface area (Å²) in [5, 5.41) is 3.55. The van der Waals surface area contributed by atoms with Crippen molar-refractivity contribution in [3.05, 3.63) is 35.4 Å². The summed E-state index contributed by atoms with van der Waals surface area (Å²) in [4.78, 5) is 0. The van der Waals surface area contributed by atoms with Crippen molar-refractivity contribution < 1.29 is 0 Å². The van der Waals surface area contributed by atoms with E-state index in [9.17, 15) is 0 Å². The summed E-state index contributed by atoms with van der Waals surface area (Å²) in [6.07, 6.45) is 7.70. The predicted molar refractivity (Wildman–Crippen MR) is 76.3 cm³/mol. The Bertz CT molecular complexity index is 460. The average Bonchev–Trinajstić information content (AvgIpc) is 2.42. The minimum Gasteiger partial charge on any atom is -0.328 e. The fourth-order valence-corrected chi connectivity index (χ4v) is 2.99. The van der Waals surface area contributed by atoms with Gasteiger partial charge in [0.05, 0.1) is 11.6 Å². The molecule has 1 aromatic carbocycles. The molecule has 2 rings (SSSR count). The summed E-state index contributed by atoms with van der Waals surface area (Å²) < 4.78 is 0. The maximum atomic E-state index is 6.07. The lowest BCUT2D eigenvalue weighted by atomic mass is 9.72. The monoisotopic (exact) mass is 242 g/mol. The third kappa shape index (κ3) is 2.16. The maximum absolute atomic E-state index is 6.07. The highest BCUT2D eigenvalue weighted by Gasteiger charge is 2.37. The van der Waals surface area contributed by atoms with E-state index < -0.39 is 0 Å². The minimum absolute atomic E-state index is 0.0370. The van der Waals surface area contributed by atoms with E-state index in [0.29, 0.717) is 12.5 Å². The molecule has 0 heterocycles. The van der Waals surface area contributed by atoms with Gasteiger partial charge in [-0.2, -0.15) is 0 Å². The number of nitrogens with one attached hydrogen (secondary N) is 1. The quantitative estimate of drug-likeness (QED) is 0.799. The van der Waals surface area contributed by atoms with Crippen molar-refractivity contribution in [1.29, 1.82) is 0 Å². The average molecular weight is 242 g/mol. The van der Waals surface area contributed by atoms with Crippen molar-refractivity contribution in [1.82, 2.24) is 5.32 Å². The SMILES string of the molecule is C#CC(C)NC1(CN)CCC(C)c2ccccc21. The molecule has 3 N–H and O–H groups in total. The molecule has 96 valence electrons. The van der Waals surface area contributed by atoms with Gasteiger partial charge in [-0.25, -0.2) is 0 Å². The van der Waals surface area contributed by atoms with Gasteiger partial charge in [-0.3, -0.25) is 5.32 Å². The highest BCUT2D eigenvalue weighted by molar-refractivity contribution is 5.39. The van der Waals surface area contributed by atoms with Crippen molar-refractivity contribution in [2.24, 2.45) is 5.73 Å². The van der Waals surface area contributed by atoms with Crippen LogP contribution < -0.4 is 11.1 Å². The third-order valence-corrected chi connectivity index (χ3v) is 4.10. The topological polar surface area (TPSA) is 38.0 Å². The number of hydrogen-bond acceptors (Lipinski definition) is 2. The zero-order valence-corrected chi connectivity index (χ0v) is 11.2. The van der Waals surface area contributed by atoms with E-state index in [1.165, 1.54) is 11.1 Å². The molecule has 2 nitrogen and oxygen atoms in total. The number of fused-ring (bicyclic) bond motifs is 1. The molecule has 0 radical (unpaired) electrons. The van der Waals surface area contributed by atoms with Crippen LogP contribution in [-0.4, -0.2) is 12.6 Å². The van der Waals surface area contributed by atoms with Crippen LogP contribution >= 0.6 is 0 Å². The van der Waals surface area contributed by atoms with E-state index in [1.807, 2.05) is 6.92 Å². The molecular formula is C16H22N2. The van der Waals surface area contributed by atoms with E-state index in [1.54, 1.807) is 0 Å². The molecule has 3 atom stereocenters. The zero-order chi connectivity index (χ0) is 13.2. The molecule has 2 heteroatoms. The summed E-state index contributed by atoms with van der Waals surface area (Å²) in [5.74, 6) is 3.35. The highest BCUT2D eigenvalue weighted by atomic mass is 15.0. The molecule has 0 aromatic heterocycles. The molecule has 1 aliphatic rings. The van der Waals surface area contributed by atoms with Gasteiger partial charge >= 0.3 is 0 Å². The van der Waals surface area contributed by atoms with Crippen LogP contribution in [0, 0.1) is 12.3 Å². The standard InChI is InChI=1S/C16H22N2/c1-4-13(3)18-16(11-17)10-9-12(2)14-7-5-6-8-15(14)16/h1,5-8,12-13,18H,9-11,17H2,2-3H3. The molecule has 0 spiro atoms. The van der Waals surface area contributed by atoms with Gasteiger partial charge in [0.15, 0.2) is 0 Å². The van der Waals surface area contributed by atoms with Gasteiger partial charge in [0.1, 0.15) is 0 Å². The van der Waals surface area contributed by atoms with Crippen molar-refractivity contribution in [2.75, 3.05) is 6.54 Å². The van der Waals surface area contributed by atoms with Crippen LogP contribution in [0.5, 0.6) is 0 Å². The van der Waals surface area contributed by atoms with Crippen LogP contribution in [0.2, 0.25) is 0 Å². The molecule has 1 aliphatic carbocycles. The van der Waals surface area contributed by atoms with Gasteiger partial charge in [-0.1, -0.05) is 37.1 Å². The fraction of sp³-hybridized carbons (Fsp3) is 0.500. The minimum atomic E-state index is -0.158. The van der Waals surface area contributed by atoms with Crippen LogP contribution in [-0.2, 0) is 5.54 Å². The van der Waals surface area contributed by atoms with E-state index in [0.717, 1.165) is 12.8 Å². The lowest BCUT2D eigenvalue weighted by Crippen LogP contribution is -2.53. The second-order valence-electron chi connectivity index (χ2n) is 5.35. The summed E-state index contributed by atoms with van der Waals surface area (Å²) in [5.41, 5.74) is 8.65. The molecule has 0 fully saturated rings. The van der Waals surface area contributed by atoms with Gasteiger partial charge in [-0.15, -0.1) is 6.42 Å². The van der Waals surface area contributed by atoms with E-state index in [-0.39, 0.29) is 11.6 Å². The first-order valence-electron chi connectivity index (χ1n) is 6.66. The molecule has 0 amide bonds. The Balaban J connectivity index is 2.44. The van der Waals surface area contributed by atoms with Crippen LogP contribution in [0.1, 0.15) is 43.7 Å². The van der Waals surface area contributed by atoms with Crippen LogP contribution in [0.15, 0.2) is 24.3 Å². The largest absolute Gasteiger partial charge is 0.328 e. The highest BCUT2D eigenvalue weighted by Crippen LogP contribution is 2.40. The first-order valence-corrected chi connectivity index (χ1v) is 6.66. The Morgan fingerprint density at radius 2 is 2.28 bits per heavy atom. The Morgan fingerprint density at radius 3 is 2.94 bits per heavy atom. The zero-order valence-electron chi connectivity index (χ0n) is 11.2. The van der Waals surface area contributed by atoms with Crippen molar-refractivity contribution in [2.45, 2.75) is 44.2 Å². The van der Waals surface area contributed by atoms with Crippen LogP contribution in [0.25, 0.3) is 0 Å². The summed E-state index contributed by atoms with van der Waals surface area (Å²) in [7, 11) is 0. The smallest absolute Gasteiger partial charge is 0.0665 e.